The number of rotatable bonds is 4. The molecule has 2 fully saturated rings. The normalized spacial score (nSPS) is 17.8. The number of hydrogen-bond donors (Lipinski definition) is 0. The molecule has 0 amide bonds. The summed E-state index contributed by atoms with van der Waals surface area (Å²) in [5.41, 5.74) is 1.10. The Morgan fingerprint density at radius 2 is 1.72 bits per heavy atom. The molecule has 0 aromatic carbocycles. The van der Waals surface area contributed by atoms with Crippen LogP contribution >= 0.6 is 0 Å². The second-order valence-electron chi connectivity index (χ2n) is 6.87. The lowest BCUT2D eigenvalue weighted by molar-refractivity contribution is 0.634. The fourth-order valence-corrected chi connectivity index (χ4v) is 3.16. The Kier molecular flexibility index (Phi) is 4.15. The highest BCUT2D eigenvalue weighted by Gasteiger charge is 2.28. The highest BCUT2D eigenvalue weighted by molar-refractivity contribution is 5.45. The van der Waals surface area contributed by atoms with Gasteiger partial charge in [-0.1, -0.05) is 6.92 Å². The van der Waals surface area contributed by atoms with Crippen LogP contribution in [0.5, 0.6) is 0 Å². The second-order valence-corrected chi connectivity index (χ2v) is 6.87. The molecule has 0 bridgehead atoms. The summed E-state index contributed by atoms with van der Waals surface area (Å²) in [5.74, 6) is 3.39. The van der Waals surface area contributed by atoms with Crippen molar-refractivity contribution in [2.45, 2.75) is 32.1 Å². The number of anilines is 2. The van der Waals surface area contributed by atoms with E-state index in [-0.39, 0.29) is 5.56 Å². The van der Waals surface area contributed by atoms with Crippen molar-refractivity contribution in [3.8, 4) is 0 Å². The summed E-state index contributed by atoms with van der Waals surface area (Å²) in [6.45, 7) is 5.57. The number of aryl methyl sites for hydroxylation is 2. The molecule has 7 heteroatoms. The van der Waals surface area contributed by atoms with Crippen LogP contribution in [0.1, 0.15) is 37.2 Å². The second kappa shape index (κ2) is 6.46. The van der Waals surface area contributed by atoms with Gasteiger partial charge >= 0.3 is 0 Å². The van der Waals surface area contributed by atoms with Crippen LogP contribution in [0.4, 0.5) is 11.6 Å². The topological polar surface area (TPSA) is 67.2 Å². The molecule has 1 saturated heterocycles. The zero-order chi connectivity index (χ0) is 17.4. The average molecular weight is 340 g/mol. The van der Waals surface area contributed by atoms with E-state index in [9.17, 15) is 4.79 Å². The molecule has 1 aliphatic carbocycles. The van der Waals surface area contributed by atoms with Crippen molar-refractivity contribution in [1.82, 2.24) is 19.5 Å². The van der Waals surface area contributed by atoms with Gasteiger partial charge in [-0.25, -0.2) is 15.0 Å². The van der Waals surface area contributed by atoms with Crippen molar-refractivity contribution < 1.29 is 0 Å². The van der Waals surface area contributed by atoms with Crippen molar-refractivity contribution in [1.29, 1.82) is 0 Å². The molecule has 2 aliphatic rings. The van der Waals surface area contributed by atoms with Crippen LogP contribution < -0.4 is 15.4 Å². The lowest BCUT2D eigenvalue weighted by Crippen LogP contribution is -2.47. The quantitative estimate of drug-likeness (QED) is 0.837. The summed E-state index contributed by atoms with van der Waals surface area (Å²) in [7, 11) is 1.72. The molecule has 3 heterocycles. The summed E-state index contributed by atoms with van der Waals surface area (Å²) in [5, 5.41) is 0. The highest BCUT2D eigenvalue weighted by atomic mass is 16.1. The van der Waals surface area contributed by atoms with E-state index >= 15 is 0 Å². The van der Waals surface area contributed by atoms with Crippen molar-refractivity contribution in [2.24, 2.45) is 7.05 Å². The first-order valence-corrected chi connectivity index (χ1v) is 9.04. The summed E-state index contributed by atoms with van der Waals surface area (Å²) in [6, 6.07) is 3.73. The molecule has 1 aliphatic heterocycles. The van der Waals surface area contributed by atoms with Crippen molar-refractivity contribution in [2.75, 3.05) is 36.0 Å². The minimum absolute atomic E-state index is 0.0232. The summed E-state index contributed by atoms with van der Waals surface area (Å²) >= 11 is 0. The van der Waals surface area contributed by atoms with Crippen LogP contribution in [0.25, 0.3) is 0 Å². The third-order valence-electron chi connectivity index (χ3n) is 4.98. The lowest BCUT2D eigenvalue weighted by Gasteiger charge is -2.36. The first-order chi connectivity index (χ1) is 12.1. The van der Waals surface area contributed by atoms with E-state index in [1.54, 1.807) is 19.4 Å². The van der Waals surface area contributed by atoms with Crippen LogP contribution in [0.15, 0.2) is 23.3 Å². The summed E-state index contributed by atoms with van der Waals surface area (Å²) in [6.07, 6.45) is 4.96. The van der Waals surface area contributed by atoms with Crippen LogP contribution in [0.2, 0.25) is 0 Å². The van der Waals surface area contributed by atoms with E-state index in [0.717, 1.165) is 55.8 Å². The molecule has 4 rings (SSSR count). The smallest absolute Gasteiger partial charge is 0.255 e. The van der Waals surface area contributed by atoms with Crippen LogP contribution in [-0.2, 0) is 13.5 Å². The van der Waals surface area contributed by atoms with Gasteiger partial charge < -0.3 is 14.4 Å². The molecular formula is C18H24N6O. The van der Waals surface area contributed by atoms with Crippen molar-refractivity contribution in [3.05, 3.63) is 40.3 Å². The van der Waals surface area contributed by atoms with E-state index in [1.807, 2.05) is 0 Å². The first kappa shape index (κ1) is 16.1. The van der Waals surface area contributed by atoms with Crippen LogP contribution in [-0.4, -0.2) is 45.7 Å². The summed E-state index contributed by atoms with van der Waals surface area (Å²) in [4.78, 5) is 30.2. The van der Waals surface area contributed by atoms with Gasteiger partial charge in [-0.05, 0) is 19.3 Å². The van der Waals surface area contributed by atoms with Crippen LogP contribution in [0.3, 0.4) is 0 Å². The maximum Gasteiger partial charge on any atom is 0.255 e. The van der Waals surface area contributed by atoms with Gasteiger partial charge in [0.15, 0.2) is 0 Å². The van der Waals surface area contributed by atoms with Gasteiger partial charge in [0.25, 0.3) is 5.56 Å². The zero-order valence-corrected chi connectivity index (χ0v) is 14.9. The lowest BCUT2D eigenvalue weighted by atomic mass is 10.2. The van der Waals surface area contributed by atoms with E-state index < -0.39 is 0 Å². The Labute approximate surface area is 147 Å². The first-order valence-electron chi connectivity index (χ1n) is 9.04. The van der Waals surface area contributed by atoms with Gasteiger partial charge in [0.2, 0.25) is 0 Å². The van der Waals surface area contributed by atoms with E-state index in [2.05, 4.69) is 27.8 Å². The number of piperazine rings is 1. The van der Waals surface area contributed by atoms with Crippen molar-refractivity contribution in [3.63, 3.8) is 0 Å². The van der Waals surface area contributed by atoms with Gasteiger partial charge in [-0.2, -0.15) is 0 Å². The van der Waals surface area contributed by atoms with Crippen molar-refractivity contribution >= 4 is 11.6 Å². The Morgan fingerprint density at radius 3 is 2.32 bits per heavy atom. The van der Waals surface area contributed by atoms with Gasteiger partial charge in [-0.3, -0.25) is 4.79 Å². The monoisotopic (exact) mass is 340 g/mol. The molecule has 0 atom stereocenters. The van der Waals surface area contributed by atoms with Gasteiger partial charge in [0, 0.05) is 57.0 Å². The Balaban J connectivity index is 1.49. The van der Waals surface area contributed by atoms with Gasteiger partial charge in [0.05, 0.1) is 6.33 Å². The van der Waals surface area contributed by atoms with Gasteiger partial charge in [0.1, 0.15) is 17.5 Å². The standard InChI is InChI=1S/C18H24N6O/c1-3-14-10-16(21-18(20-14)13-4-5-13)24-8-6-23(7-9-24)15-11-17(25)22(2)12-19-15/h10-13H,3-9H2,1-2H3. The van der Waals surface area contributed by atoms with E-state index in [1.165, 1.54) is 17.4 Å². The molecule has 2 aromatic heterocycles. The third-order valence-corrected chi connectivity index (χ3v) is 4.98. The summed E-state index contributed by atoms with van der Waals surface area (Å²) < 4.78 is 1.49. The number of nitrogens with zero attached hydrogens (tertiary/aromatic N) is 6. The fourth-order valence-electron chi connectivity index (χ4n) is 3.16. The minimum atomic E-state index is -0.0232. The number of aromatic nitrogens is 4. The molecule has 0 spiro atoms. The molecule has 7 nitrogen and oxygen atoms in total. The molecular weight excluding hydrogens is 316 g/mol. The SMILES string of the molecule is CCc1cc(N2CCN(c3cc(=O)n(C)cn3)CC2)nc(C2CC2)n1. The Morgan fingerprint density at radius 1 is 1.04 bits per heavy atom. The van der Waals surface area contributed by atoms with E-state index in [0.29, 0.717) is 5.92 Å². The Hall–Kier alpha value is -2.44. The van der Waals surface area contributed by atoms with Gasteiger partial charge in [-0.15, -0.1) is 0 Å². The average Bonchev–Trinajstić information content (AvgIpc) is 3.49. The van der Waals surface area contributed by atoms with E-state index in [4.69, 9.17) is 9.97 Å². The van der Waals surface area contributed by atoms with Crippen LogP contribution in [0, 0.1) is 0 Å². The maximum absolute atomic E-state index is 11.8. The molecule has 0 radical (unpaired) electrons. The predicted molar refractivity (Wildman–Crippen MR) is 97.3 cm³/mol. The molecule has 0 unspecified atom stereocenters. The zero-order valence-electron chi connectivity index (χ0n) is 14.9. The molecule has 132 valence electrons. The fraction of sp³-hybridized carbons (Fsp3) is 0.556. The largest absolute Gasteiger partial charge is 0.353 e. The highest BCUT2D eigenvalue weighted by Crippen LogP contribution is 2.38. The predicted octanol–water partition coefficient (Wildman–Crippen LogP) is 1.34. The minimum Gasteiger partial charge on any atom is -0.353 e. The Bertz CT molecular complexity index is 821. The molecule has 25 heavy (non-hydrogen) atoms. The molecule has 2 aromatic rings. The third kappa shape index (κ3) is 3.36. The molecule has 0 N–H and O–H groups in total. The molecule has 1 saturated carbocycles. The number of hydrogen-bond acceptors (Lipinski definition) is 6. The maximum atomic E-state index is 11.8.